The molecule has 0 radical (unpaired) electrons. The van der Waals surface area contributed by atoms with Crippen LogP contribution in [0.2, 0.25) is 0 Å². The molecule has 1 fully saturated rings. The number of morpholine rings is 1. The van der Waals surface area contributed by atoms with Gasteiger partial charge in [0.1, 0.15) is 5.92 Å². The van der Waals surface area contributed by atoms with E-state index in [0.29, 0.717) is 24.6 Å². The van der Waals surface area contributed by atoms with E-state index in [9.17, 15) is 24.5 Å². The number of carbonyl (C=O) groups is 3. The maximum absolute atomic E-state index is 13.4. The smallest absolute Gasteiger partial charge is 0.336 e. The fraction of sp³-hybridized carbons (Fsp3) is 0.333. The Balaban J connectivity index is 1.45. The predicted molar refractivity (Wildman–Crippen MR) is 110 cm³/mol. The number of fused-ring (bicyclic) bond motifs is 4. The molecule has 11 nitrogen and oxygen atoms in total. The van der Waals surface area contributed by atoms with Crippen LogP contribution in [0, 0.1) is 16.0 Å². The summed E-state index contributed by atoms with van der Waals surface area (Å²) < 4.78 is 10.2. The zero-order valence-electron chi connectivity index (χ0n) is 17.0. The predicted octanol–water partition coefficient (Wildman–Crippen LogP) is 0.848. The van der Waals surface area contributed by atoms with Gasteiger partial charge in [-0.2, -0.15) is 0 Å². The highest BCUT2D eigenvalue weighted by molar-refractivity contribution is 6.26. The van der Waals surface area contributed by atoms with Crippen molar-refractivity contribution in [3.8, 4) is 0 Å². The molecule has 1 aromatic rings. The van der Waals surface area contributed by atoms with Crippen molar-refractivity contribution in [1.29, 1.82) is 0 Å². The Morgan fingerprint density at radius 1 is 1.31 bits per heavy atom. The molecule has 3 aliphatic heterocycles. The van der Waals surface area contributed by atoms with Crippen molar-refractivity contribution in [2.75, 3.05) is 31.7 Å². The topological polar surface area (TPSA) is 132 Å². The number of ether oxygens (including phenoxy) is 2. The number of anilines is 1. The van der Waals surface area contributed by atoms with Gasteiger partial charge in [-0.1, -0.05) is 0 Å². The van der Waals surface area contributed by atoms with Crippen molar-refractivity contribution >= 4 is 34.7 Å². The summed E-state index contributed by atoms with van der Waals surface area (Å²) in [4.78, 5) is 56.3. The molecule has 0 aromatic heterocycles. The van der Waals surface area contributed by atoms with E-state index >= 15 is 0 Å². The Hall–Kier alpha value is -3.86. The summed E-state index contributed by atoms with van der Waals surface area (Å²) in [5.41, 5.74) is 1.41. The van der Waals surface area contributed by atoms with Crippen LogP contribution in [0.3, 0.4) is 0 Å². The van der Waals surface area contributed by atoms with Crippen LogP contribution in [0.4, 0.5) is 11.4 Å². The Bertz CT molecular complexity index is 1150. The average Bonchev–Trinajstić information content (AvgIpc) is 3.10. The van der Waals surface area contributed by atoms with E-state index < -0.39 is 34.9 Å². The molecule has 3 atom stereocenters. The van der Waals surface area contributed by atoms with Gasteiger partial charge in [-0.3, -0.25) is 29.6 Å². The van der Waals surface area contributed by atoms with E-state index in [1.165, 1.54) is 30.2 Å². The van der Waals surface area contributed by atoms with Crippen molar-refractivity contribution in [2.45, 2.75) is 12.3 Å². The summed E-state index contributed by atoms with van der Waals surface area (Å²) in [5, 5.41) is 11.1. The zero-order chi connectivity index (χ0) is 22.6. The molecule has 0 saturated carbocycles. The number of rotatable bonds is 3. The first-order valence-corrected chi connectivity index (χ1v) is 9.96. The Morgan fingerprint density at radius 3 is 2.88 bits per heavy atom. The highest BCUT2D eigenvalue weighted by Gasteiger charge is 2.48. The van der Waals surface area contributed by atoms with Crippen LogP contribution in [0.1, 0.15) is 10.4 Å². The number of benzene rings is 1. The summed E-state index contributed by atoms with van der Waals surface area (Å²) in [5.74, 6) is -1.95. The molecular formula is C21H18N4O7. The third kappa shape index (κ3) is 3.01. The van der Waals surface area contributed by atoms with Gasteiger partial charge in [0.2, 0.25) is 11.7 Å². The molecule has 1 saturated heterocycles. The number of aliphatic imine (C=N–C) groups is 1. The van der Waals surface area contributed by atoms with E-state index in [1.54, 1.807) is 18.2 Å². The van der Waals surface area contributed by atoms with Crippen molar-refractivity contribution in [3.05, 3.63) is 57.8 Å². The SMILES string of the molecule is COC(=O)C1CN(C2=CC3C(=O)N4c5ccc([N+](=O)[O-])cc5C(=O)C4N=C3C=C2)CCO1. The largest absolute Gasteiger partial charge is 0.467 e. The number of amides is 1. The van der Waals surface area contributed by atoms with Gasteiger partial charge in [-0.25, -0.2) is 4.79 Å². The first kappa shape index (κ1) is 20.1. The van der Waals surface area contributed by atoms with Gasteiger partial charge in [0.05, 0.1) is 42.1 Å². The fourth-order valence-corrected chi connectivity index (χ4v) is 4.36. The molecular weight excluding hydrogens is 420 g/mol. The van der Waals surface area contributed by atoms with Gasteiger partial charge in [0, 0.05) is 24.4 Å². The Labute approximate surface area is 181 Å². The first-order valence-electron chi connectivity index (χ1n) is 9.96. The minimum absolute atomic E-state index is 0.114. The molecule has 32 heavy (non-hydrogen) atoms. The van der Waals surface area contributed by atoms with Gasteiger partial charge < -0.3 is 14.4 Å². The third-order valence-electron chi connectivity index (χ3n) is 5.95. The van der Waals surface area contributed by atoms with Crippen molar-refractivity contribution in [3.63, 3.8) is 0 Å². The molecule has 1 amide bonds. The van der Waals surface area contributed by atoms with Crippen molar-refractivity contribution in [1.82, 2.24) is 4.90 Å². The molecule has 1 aromatic carbocycles. The van der Waals surface area contributed by atoms with Crippen LogP contribution >= 0.6 is 0 Å². The Kier molecular flexibility index (Phi) is 4.63. The second-order valence-electron chi connectivity index (χ2n) is 7.69. The number of nitro benzene ring substituents is 1. The van der Waals surface area contributed by atoms with E-state index in [0.717, 1.165) is 5.70 Å². The number of allylic oxidation sites excluding steroid dienone is 2. The standard InChI is InChI=1S/C21H18N4O7/c1-31-21(28)17-10-23(6-7-32-17)11-2-4-15-13(8-11)20(27)24-16-5-3-12(25(29)30)9-14(16)18(26)19(24)22-15/h2-5,8-9,13,17,19H,6-7,10H2,1H3. The second kappa shape index (κ2) is 7.38. The number of Topliss-reactive ketones (excluding diaryl/α,β-unsaturated/α-hetero) is 1. The first-order chi connectivity index (χ1) is 15.4. The summed E-state index contributed by atoms with van der Waals surface area (Å²) >= 11 is 0. The maximum Gasteiger partial charge on any atom is 0.336 e. The lowest BCUT2D eigenvalue weighted by molar-refractivity contribution is -0.384. The quantitative estimate of drug-likeness (QED) is 0.385. The monoisotopic (exact) mass is 438 g/mol. The lowest BCUT2D eigenvalue weighted by Crippen LogP contribution is -2.50. The Morgan fingerprint density at radius 2 is 2.12 bits per heavy atom. The number of esters is 1. The van der Waals surface area contributed by atoms with Gasteiger partial charge in [-0.05, 0) is 24.3 Å². The number of carbonyl (C=O) groups excluding carboxylic acids is 3. The normalized spacial score (nSPS) is 26.1. The second-order valence-corrected chi connectivity index (χ2v) is 7.69. The van der Waals surface area contributed by atoms with Crippen LogP contribution < -0.4 is 4.90 Å². The maximum atomic E-state index is 13.4. The molecule has 3 heterocycles. The summed E-state index contributed by atoms with van der Waals surface area (Å²) in [6.07, 6.45) is 3.46. The molecule has 164 valence electrons. The average molecular weight is 438 g/mol. The number of non-ortho nitro benzene ring substituents is 1. The summed E-state index contributed by atoms with van der Waals surface area (Å²) in [6, 6.07) is 3.87. The number of methoxy groups -OCH3 is 1. The van der Waals surface area contributed by atoms with Gasteiger partial charge in [-0.15, -0.1) is 0 Å². The highest BCUT2D eigenvalue weighted by Crippen LogP contribution is 2.39. The summed E-state index contributed by atoms with van der Waals surface area (Å²) in [7, 11) is 1.30. The van der Waals surface area contributed by atoms with Crippen LogP contribution in [0.15, 0.2) is 47.1 Å². The van der Waals surface area contributed by atoms with Gasteiger partial charge in [0.15, 0.2) is 12.3 Å². The van der Waals surface area contributed by atoms with Gasteiger partial charge >= 0.3 is 5.97 Å². The number of ketones is 1. The molecule has 0 N–H and O–H groups in total. The van der Waals surface area contributed by atoms with E-state index in [2.05, 4.69) is 4.99 Å². The van der Waals surface area contributed by atoms with Crippen molar-refractivity contribution < 1.29 is 28.8 Å². The molecule has 4 aliphatic rings. The van der Waals surface area contributed by atoms with Crippen molar-refractivity contribution in [2.24, 2.45) is 10.9 Å². The zero-order valence-corrected chi connectivity index (χ0v) is 17.0. The molecule has 11 heteroatoms. The van der Waals surface area contributed by atoms with E-state index in [-0.39, 0.29) is 23.7 Å². The number of nitro groups is 1. The van der Waals surface area contributed by atoms with Crippen LogP contribution in [0.25, 0.3) is 0 Å². The van der Waals surface area contributed by atoms with E-state index in [1.807, 2.05) is 4.90 Å². The van der Waals surface area contributed by atoms with Gasteiger partial charge in [0.25, 0.3) is 5.69 Å². The van der Waals surface area contributed by atoms with Crippen LogP contribution in [-0.2, 0) is 19.1 Å². The minimum atomic E-state index is -1.06. The molecule has 1 aliphatic carbocycles. The van der Waals surface area contributed by atoms with Crippen LogP contribution in [0.5, 0.6) is 0 Å². The lowest BCUT2D eigenvalue weighted by atomic mass is 9.92. The number of nitrogens with zero attached hydrogens (tertiary/aromatic N) is 4. The van der Waals surface area contributed by atoms with Crippen LogP contribution in [-0.4, -0.2) is 72.3 Å². The highest BCUT2D eigenvalue weighted by atomic mass is 16.6. The fourth-order valence-electron chi connectivity index (χ4n) is 4.36. The third-order valence-corrected chi connectivity index (χ3v) is 5.95. The molecule has 3 unspecified atom stereocenters. The number of hydrogen-bond acceptors (Lipinski definition) is 9. The summed E-state index contributed by atoms with van der Waals surface area (Å²) in [6.45, 7) is 1.15. The molecule has 0 spiro atoms. The molecule has 0 bridgehead atoms. The number of hydrogen-bond donors (Lipinski definition) is 0. The molecule has 5 rings (SSSR count). The minimum Gasteiger partial charge on any atom is -0.467 e. The van der Waals surface area contributed by atoms with E-state index in [4.69, 9.17) is 9.47 Å². The lowest BCUT2D eigenvalue weighted by Gasteiger charge is -2.37.